The molecule has 0 aliphatic carbocycles. The molecule has 3 fully saturated rings. The average molecular weight is 326 g/mol. The molecule has 126 valence electrons. The van der Waals surface area contributed by atoms with Gasteiger partial charge in [0.2, 0.25) is 0 Å². The Morgan fingerprint density at radius 1 is 1.04 bits per heavy atom. The van der Waals surface area contributed by atoms with Crippen LogP contribution in [0.4, 0.5) is 4.39 Å². The molecule has 3 aliphatic rings. The number of halogens is 1. The summed E-state index contributed by atoms with van der Waals surface area (Å²) in [4.78, 5) is 2.52. The molecule has 3 saturated heterocycles. The number of phenols is 1. The second-order valence-corrected chi connectivity index (χ2v) is 6.98. The van der Waals surface area contributed by atoms with E-state index < -0.39 is 0 Å². The minimum atomic E-state index is -0.234. The fourth-order valence-corrected chi connectivity index (χ4v) is 3.99. The molecule has 0 amide bonds. The molecule has 0 radical (unpaired) electrons. The van der Waals surface area contributed by atoms with E-state index in [0.29, 0.717) is 18.3 Å². The fraction of sp³-hybridized carbons (Fsp3) is 0.400. The van der Waals surface area contributed by atoms with Gasteiger partial charge in [-0.15, -0.1) is 0 Å². The number of piperidine rings is 3. The van der Waals surface area contributed by atoms with E-state index in [0.717, 1.165) is 29.2 Å². The largest absolute Gasteiger partial charge is 0.508 e. The number of nitrogens with one attached hydrogen (secondary N) is 1. The molecule has 0 spiro atoms. The van der Waals surface area contributed by atoms with Gasteiger partial charge in [0.1, 0.15) is 11.6 Å². The lowest BCUT2D eigenvalue weighted by Gasteiger charge is -2.45. The quantitative estimate of drug-likeness (QED) is 0.904. The molecule has 3 aliphatic heterocycles. The second-order valence-electron chi connectivity index (χ2n) is 6.98. The third-order valence-electron chi connectivity index (χ3n) is 5.47. The van der Waals surface area contributed by atoms with Gasteiger partial charge < -0.3 is 15.3 Å². The van der Waals surface area contributed by atoms with Crippen LogP contribution < -0.4 is 5.32 Å². The lowest BCUT2D eigenvalue weighted by Crippen LogP contribution is -2.55. The normalized spacial score (nSPS) is 25.8. The summed E-state index contributed by atoms with van der Waals surface area (Å²) in [6.07, 6.45) is 2.55. The van der Waals surface area contributed by atoms with E-state index in [1.807, 2.05) is 12.1 Å². The summed E-state index contributed by atoms with van der Waals surface area (Å²) in [5, 5.41) is 13.8. The van der Waals surface area contributed by atoms with Gasteiger partial charge in [-0.2, -0.15) is 0 Å². The SMILES string of the molecule is Oc1ccc(-c2ccc(F)cc2)cc1CNC1CN2CCC1CC2. The first-order valence-corrected chi connectivity index (χ1v) is 8.72. The standard InChI is InChI=1S/C20H23FN2O/c21-18-4-1-14(2-5-18)16-3-6-20(24)17(11-16)12-22-19-13-23-9-7-15(19)8-10-23/h1-6,11,15,19,22,24H,7-10,12-13H2. The van der Waals surface area contributed by atoms with Crippen LogP contribution in [-0.2, 0) is 6.54 Å². The van der Waals surface area contributed by atoms with Gasteiger partial charge in [0.25, 0.3) is 0 Å². The zero-order valence-corrected chi connectivity index (χ0v) is 13.7. The molecular formula is C20H23FN2O. The Bertz CT molecular complexity index is 708. The summed E-state index contributed by atoms with van der Waals surface area (Å²) >= 11 is 0. The summed E-state index contributed by atoms with van der Waals surface area (Å²) in [6, 6.07) is 12.6. The maximum absolute atomic E-state index is 13.1. The maximum Gasteiger partial charge on any atom is 0.123 e. The van der Waals surface area contributed by atoms with Crippen molar-refractivity contribution in [3.8, 4) is 16.9 Å². The van der Waals surface area contributed by atoms with Gasteiger partial charge in [-0.3, -0.25) is 0 Å². The Morgan fingerprint density at radius 3 is 2.42 bits per heavy atom. The van der Waals surface area contributed by atoms with Crippen LogP contribution >= 0.6 is 0 Å². The van der Waals surface area contributed by atoms with Crippen LogP contribution in [0.15, 0.2) is 42.5 Å². The van der Waals surface area contributed by atoms with Crippen molar-refractivity contribution in [3.63, 3.8) is 0 Å². The van der Waals surface area contributed by atoms with E-state index >= 15 is 0 Å². The highest BCUT2D eigenvalue weighted by Crippen LogP contribution is 2.29. The molecular weight excluding hydrogens is 303 g/mol. The second kappa shape index (κ2) is 6.54. The Labute approximate surface area is 142 Å². The van der Waals surface area contributed by atoms with Crippen LogP contribution in [0.3, 0.4) is 0 Å². The van der Waals surface area contributed by atoms with Gasteiger partial charge in [-0.05, 0) is 67.2 Å². The zero-order valence-electron chi connectivity index (χ0n) is 13.7. The van der Waals surface area contributed by atoms with Crippen LogP contribution in [-0.4, -0.2) is 35.7 Å². The average Bonchev–Trinajstić information content (AvgIpc) is 2.63. The third kappa shape index (κ3) is 3.17. The first-order valence-electron chi connectivity index (χ1n) is 8.72. The highest BCUT2D eigenvalue weighted by atomic mass is 19.1. The number of hydrogen-bond acceptors (Lipinski definition) is 3. The van der Waals surface area contributed by atoms with Gasteiger partial charge in [0.15, 0.2) is 0 Å². The number of nitrogens with zero attached hydrogens (tertiary/aromatic N) is 1. The Balaban J connectivity index is 1.48. The number of phenolic OH excluding ortho intramolecular Hbond substituents is 1. The number of aromatic hydroxyl groups is 1. The highest BCUT2D eigenvalue weighted by Gasteiger charge is 2.33. The topological polar surface area (TPSA) is 35.5 Å². The van der Waals surface area contributed by atoms with Crippen molar-refractivity contribution >= 4 is 0 Å². The number of hydrogen-bond donors (Lipinski definition) is 2. The van der Waals surface area contributed by atoms with E-state index in [-0.39, 0.29) is 5.82 Å². The van der Waals surface area contributed by atoms with Crippen molar-refractivity contribution in [1.29, 1.82) is 0 Å². The summed E-state index contributed by atoms with van der Waals surface area (Å²) in [5.74, 6) is 0.842. The molecule has 1 unspecified atom stereocenters. The monoisotopic (exact) mass is 326 g/mol. The van der Waals surface area contributed by atoms with Crippen molar-refractivity contribution in [1.82, 2.24) is 10.2 Å². The van der Waals surface area contributed by atoms with Crippen LogP contribution in [0.1, 0.15) is 18.4 Å². The minimum Gasteiger partial charge on any atom is -0.508 e. The Hall–Kier alpha value is -1.91. The van der Waals surface area contributed by atoms with Crippen molar-refractivity contribution in [2.24, 2.45) is 5.92 Å². The predicted molar refractivity (Wildman–Crippen MR) is 93.3 cm³/mol. The smallest absolute Gasteiger partial charge is 0.123 e. The molecule has 2 bridgehead atoms. The molecule has 5 rings (SSSR count). The van der Waals surface area contributed by atoms with Crippen molar-refractivity contribution in [2.45, 2.75) is 25.4 Å². The molecule has 2 aromatic rings. The predicted octanol–water partition coefficient (Wildman–Crippen LogP) is 3.38. The van der Waals surface area contributed by atoms with Crippen LogP contribution in [0.2, 0.25) is 0 Å². The summed E-state index contributed by atoms with van der Waals surface area (Å²) in [5.41, 5.74) is 2.85. The Morgan fingerprint density at radius 2 is 1.75 bits per heavy atom. The van der Waals surface area contributed by atoms with Crippen LogP contribution in [0.5, 0.6) is 5.75 Å². The third-order valence-corrected chi connectivity index (χ3v) is 5.47. The van der Waals surface area contributed by atoms with Crippen molar-refractivity contribution in [2.75, 3.05) is 19.6 Å². The molecule has 2 aromatic carbocycles. The minimum absolute atomic E-state index is 0.234. The molecule has 1 atom stereocenters. The molecule has 2 N–H and O–H groups in total. The Kier molecular flexibility index (Phi) is 4.25. The lowest BCUT2D eigenvalue weighted by molar-refractivity contribution is 0.0719. The van der Waals surface area contributed by atoms with E-state index in [9.17, 15) is 9.50 Å². The highest BCUT2D eigenvalue weighted by molar-refractivity contribution is 5.65. The zero-order chi connectivity index (χ0) is 16.5. The van der Waals surface area contributed by atoms with E-state index in [1.165, 1.54) is 38.1 Å². The van der Waals surface area contributed by atoms with Gasteiger partial charge in [-0.25, -0.2) is 4.39 Å². The number of fused-ring (bicyclic) bond motifs is 3. The lowest BCUT2D eigenvalue weighted by atomic mass is 9.84. The molecule has 3 nitrogen and oxygen atoms in total. The van der Waals surface area contributed by atoms with Crippen LogP contribution in [0, 0.1) is 11.7 Å². The van der Waals surface area contributed by atoms with Gasteiger partial charge in [-0.1, -0.05) is 18.2 Å². The number of rotatable bonds is 4. The summed E-state index contributed by atoms with van der Waals surface area (Å²) in [7, 11) is 0. The van der Waals surface area contributed by atoms with Gasteiger partial charge in [0.05, 0.1) is 0 Å². The molecule has 0 aromatic heterocycles. The van der Waals surface area contributed by atoms with E-state index in [1.54, 1.807) is 18.2 Å². The van der Waals surface area contributed by atoms with Crippen molar-refractivity contribution in [3.05, 3.63) is 53.8 Å². The number of benzene rings is 2. The molecule has 0 saturated carbocycles. The van der Waals surface area contributed by atoms with Gasteiger partial charge >= 0.3 is 0 Å². The first-order chi connectivity index (χ1) is 11.7. The molecule has 4 heteroatoms. The summed E-state index contributed by atoms with van der Waals surface area (Å²) < 4.78 is 13.1. The van der Waals surface area contributed by atoms with E-state index in [2.05, 4.69) is 10.2 Å². The molecule has 3 heterocycles. The fourth-order valence-electron chi connectivity index (χ4n) is 3.99. The summed E-state index contributed by atoms with van der Waals surface area (Å²) in [6.45, 7) is 4.24. The molecule has 24 heavy (non-hydrogen) atoms. The maximum atomic E-state index is 13.1. The van der Waals surface area contributed by atoms with Crippen molar-refractivity contribution < 1.29 is 9.50 Å². The van der Waals surface area contributed by atoms with Crippen LogP contribution in [0.25, 0.3) is 11.1 Å². The van der Waals surface area contributed by atoms with Gasteiger partial charge in [0, 0.05) is 24.7 Å². The van der Waals surface area contributed by atoms with E-state index in [4.69, 9.17) is 0 Å². The first kappa shape index (κ1) is 15.6.